The minimum Gasteiger partial charge on any atom is -0.744 e. The molecular formula is C54H93NaO7S. The van der Waals surface area contributed by atoms with Gasteiger partial charge in [0.15, 0.2) is 0 Å². The molecule has 9 heteroatoms. The fraction of sp³-hybridized carbons (Fsp3) is 0.778. The molecule has 1 rings (SSSR count). The van der Waals surface area contributed by atoms with E-state index in [4.69, 9.17) is 9.47 Å². The van der Waals surface area contributed by atoms with E-state index in [2.05, 4.69) is 38.2 Å². The third kappa shape index (κ3) is 37.3. The number of benzene rings is 1. The number of carbonyl (C=O) groups is 2. The monoisotopic (exact) mass is 909 g/mol. The van der Waals surface area contributed by atoms with Crippen molar-refractivity contribution in [3.05, 3.63) is 53.6 Å². The van der Waals surface area contributed by atoms with Gasteiger partial charge in [0.25, 0.3) is 0 Å². The molecule has 0 saturated heterocycles. The van der Waals surface area contributed by atoms with E-state index >= 15 is 0 Å². The van der Waals surface area contributed by atoms with Crippen molar-refractivity contribution in [3.8, 4) is 0 Å². The van der Waals surface area contributed by atoms with Gasteiger partial charge in [0, 0.05) is 0 Å². The Morgan fingerprint density at radius 3 is 1.03 bits per heavy atom. The predicted molar refractivity (Wildman–Crippen MR) is 260 cm³/mol. The van der Waals surface area contributed by atoms with Crippen LogP contribution < -0.4 is 29.6 Å². The maximum Gasteiger partial charge on any atom is 1.00 e. The molecule has 0 spiro atoms. The van der Waals surface area contributed by atoms with Gasteiger partial charge in [-0.1, -0.05) is 237 Å². The molecule has 0 saturated carbocycles. The Kier molecular flexibility index (Phi) is 44.6. The molecule has 0 aromatic heterocycles. The average Bonchev–Trinajstić information content (AvgIpc) is 3.26. The van der Waals surface area contributed by atoms with Gasteiger partial charge in [-0.15, -0.1) is 0 Å². The molecule has 0 N–H and O–H groups in total. The molecule has 358 valence electrons. The number of allylic oxidation sites excluding steroid dienone is 4. The molecule has 0 bridgehead atoms. The maximum absolute atomic E-state index is 13.1. The van der Waals surface area contributed by atoms with Crippen molar-refractivity contribution in [3.63, 3.8) is 0 Å². The zero-order valence-electron chi connectivity index (χ0n) is 41.1. The van der Waals surface area contributed by atoms with Gasteiger partial charge in [-0.3, -0.25) is 0 Å². The number of ether oxygens (including phenoxy) is 2. The molecule has 1 aromatic carbocycles. The van der Waals surface area contributed by atoms with E-state index in [9.17, 15) is 22.6 Å². The molecule has 1 aromatic rings. The molecule has 0 unspecified atom stereocenters. The predicted octanol–water partition coefficient (Wildman–Crippen LogP) is 13.9. The smallest absolute Gasteiger partial charge is 0.744 e. The van der Waals surface area contributed by atoms with E-state index in [1.165, 1.54) is 192 Å². The Morgan fingerprint density at radius 2 is 0.730 bits per heavy atom. The molecule has 0 radical (unpaired) electrons. The third-order valence-corrected chi connectivity index (χ3v) is 12.9. The van der Waals surface area contributed by atoms with E-state index in [1.807, 2.05) is 0 Å². The topological polar surface area (TPSA) is 110 Å². The van der Waals surface area contributed by atoms with E-state index < -0.39 is 32.5 Å². The summed E-state index contributed by atoms with van der Waals surface area (Å²) in [5.41, 5.74) is -0.767. The van der Waals surface area contributed by atoms with Crippen molar-refractivity contribution in [1.82, 2.24) is 0 Å². The number of unbranched alkanes of at least 4 members (excludes halogenated alkanes) is 34. The SMILES string of the molecule is CC/C=C/CCCCCCCCCCCCCCCCCCCOC(=O)c1cccc(S(=O)(=O)[O-])c1C(=O)OCCCCCCCCCCCCCCCCCCC/C=C/CC.[Na+]. The molecule has 0 amide bonds. The Bertz CT molecular complexity index is 1380. The van der Waals surface area contributed by atoms with Crippen LogP contribution in [0.1, 0.15) is 279 Å². The molecule has 0 heterocycles. The molecule has 0 aliphatic rings. The summed E-state index contributed by atoms with van der Waals surface area (Å²) in [7, 11) is -5.02. The number of hydrogen-bond donors (Lipinski definition) is 0. The van der Waals surface area contributed by atoms with Crippen LogP contribution in [0.25, 0.3) is 0 Å². The summed E-state index contributed by atoms with van der Waals surface area (Å²) >= 11 is 0. The van der Waals surface area contributed by atoms with Crippen molar-refractivity contribution < 1.29 is 61.6 Å². The molecule has 63 heavy (non-hydrogen) atoms. The zero-order chi connectivity index (χ0) is 45.0. The summed E-state index contributed by atoms with van der Waals surface area (Å²) in [6.07, 6.45) is 56.2. The molecular weight excluding hydrogens is 816 g/mol. The van der Waals surface area contributed by atoms with E-state index in [-0.39, 0.29) is 48.3 Å². The van der Waals surface area contributed by atoms with Gasteiger partial charge >= 0.3 is 41.5 Å². The van der Waals surface area contributed by atoms with Crippen molar-refractivity contribution >= 4 is 22.1 Å². The Morgan fingerprint density at radius 1 is 0.444 bits per heavy atom. The van der Waals surface area contributed by atoms with Gasteiger partial charge in [-0.2, -0.15) is 0 Å². The summed E-state index contributed by atoms with van der Waals surface area (Å²) in [5.74, 6) is -1.80. The second-order valence-electron chi connectivity index (χ2n) is 17.8. The van der Waals surface area contributed by atoms with Crippen molar-refractivity contribution in [2.45, 2.75) is 263 Å². The first-order valence-electron chi connectivity index (χ1n) is 26.1. The van der Waals surface area contributed by atoms with E-state index in [1.54, 1.807) is 0 Å². The summed E-state index contributed by atoms with van der Waals surface area (Å²) < 4.78 is 47.0. The molecule has 7 nitrogen and oxygen atoms in total. The summed E-state index contributed by atoms with van der Waals surface area (Å²) in [6.45, 7) is 4.64. The standard InChI is InChI=1S/C54H94O7S.Na/c1-3-5-7-9-11-13-15-17-19-21-23-25-27-29-31-33-35-37-39-41-43-48-60-53(55)50-46-45-47-51(62(57,58)59)52(50)54(56)61-49-44-42-40-38-36-34-32-30-28-26-24-22-20-18-16-14-12-10-8-6-4-2;/h5-8,45-47H,3-4,9-44,48-49H2,1-2H3,(H,57,58,59);/q;+1/p-1/b7-5+,8-6+;. The van der Waals surface area contributed by atoms with Gasteiger partial charge in [0.1, 0.15) is 10.1 Å². The quantitative estimate of drug-likeness (QED) is 0.0211. The number of esters is 2. The van der Waals surface area contributed by atoms with Crippen LogP contribution >= 0.6 is 0 Å². The van der Waals surface area contributed by atoms with Crippen LogP contribution in [0.2, 0.25) is 0 Å². The second-order valence-corrected chi connectivity index (χ2v) is 19.1. The van der Waals surface area contributed by atoms with Crippen LogP contribution in [-0.4, -0.2) is 38.1 Å². The van der Waals surface area contributed by atoms with Gasteiger partial charge < -0.3 is 14.0 Å². The van der Waals surface area contributed by atoms with Gasteiger partial charge in [-0.05, 0) is 63.5 Å². The second kappa shape index (κ2) is 45.7. The molecule has 0 atom stereocenters. The largest absolute Gasteiger partial charge is 1.00 e. The average molecular weight is 909 g/mol. The first-order valence-corrected chi connectivity index (χ1v) is 27.5. The third-order valence-electron chi connectivity index (χ3n) is 12.0. The minimum absolute atomic E-state index is 0. The van der Waals surface area contributed by atoms with Crippen molar-refractivity contribution in [1.29, 1.82) is 0 Å². The van der Waals surface area contributed by atoms with E-state index in [0.717, 1.165) is 57.4 Å². The summed E-state index contributed by atoms with van der Waals surface area (Å²) in [5, 5.41) is 0. The normalized spacial score (nSPS) is 11.7. The fourth-order valence-electron chi connectivity index (χ4n) is 8.20. The number of carbonyl (C=O) groups excluding carboxylic acids is 2. The zero-order valence-corrected chi connectivity index (χ0v) is 43.9. The van der Waals surface area contributed by atoms with Crippen molar-refractivity contribution in [2.75, 3.05) is 13.2 Å². The summed E-state index contributed by atoms with van der Waals surface area (Å²) in [6, 6.07) is 3.65. The van der Waals surface area contributed by atoms with Crippen LogP contribution in [-0.2, 0) is 19.6 Å². The van der Waals surface area contributed by atoms with Crippen LogP contribution in [0.4, 0.5) is 0 Å². The van der Waals surface area contributed by atoms with Crippen LogP contribution in [0.5, 0.6) is 0 Å². The Labute approximate surface area is 410 Å². The molecule has 0 aliphatic heterocycles. The first-order chi connectivity index (χ1) is 30.3. The van der Waals surface area contributed by atoms with E-state index in [0.29, 0.717) is 12.8 Å². The van der Waals surface area contributed by atoms with Crippen LogP contribution in [0.15, 0.2) is 47.4 Å². The first kappa shape index (κ1) is 61.5. The Balaban J connectivity index is 0.0000384. The summed E-state index contributed by atoms with van der Waals surface area (Å²) in [4.78, 5) is 25.3. The van der Waals surface area contributed by atoms with Crippen LogP contribution in [0, 0.1) is 0 Å². The van der Waals surface area contributed by atoms with Crippen LogP contribution in [0.3, 0.4) is 0 Å². The number of rotatable bonds is 45. The minimum atomic E-state index is -5.02. The molecule has 0 fully saturated rings. The molecule has 0 aliphatic carbocycles. The van der Waals surface area contributed by atoms with Gasteiger partial charge in [0.2, 0.25) is 0 Å². The van der Waals surface area contributed by atoms with Gasteiger partial charge in [-0.25, -0.2) is 18.0 Å². The van der Waals surface area contributed by atoms with Gasteiger partial charge in [0.05, 0.1) is 29.2 Å². The fourth-order valence-corrected chi connectivity index (χ4v) is 8.89. The number of hydrogen-bond acceptors (Lipinski definition) is 7. The Hall–Kier alpha value is -1.45. The van der Waals surface area contributed by atoms with Crippen molar-refractivity contribution in [2.24, 2.45) is 0 Å². The maximum atomic E-state index is 13.1.